The van der Waals surface area contributed by atoms with Gasteiger partial charge in [-0.25, -0.2) is 4.39 Å². The molecule has 13 heavy (non-hydrogen) atoms. The topological polar surface area (TPSA) is 0 Å². The van der Waals surface area contributed by atoms with Gasteiger partial charge in [0.05, 0.1) is 0 Å². The summed E-state index contributed by atoms with van der Waals surface area (Å²) in [5.74, 6) is -0.181. The maximum atomic E-state index is 12.6. The quantitative estimate of drug-likeness (QED) is 0.695. The average molecular weight is 198 g/mol. The summed E-state index contributed by atoms with van der Waals surface area (Å²) in [5, 5.41) is 0.251. The van der Waals surface area contributed by atoms with Crippen molar-refractivity contribution >= 4 is 12.6 Å². The van der Waals surface area contributed by atoms with Crippen molar-refractivity contribution < 1.29 is 4.39 Å². The summed E-state index contributed by atoms with van der Waals surface area (Å²) in [7, 11) is 0. The minimum absolute atomic E-state index is 0.181. The number of unbranched alkanes of at least 4 members (excludes halogenated alkanes) is 1. The molecule has 0 aromatic heterocycles. The molecule has 1 atom stereocenters. The third kappa shape index (κ3) is 3.39. The van der Waals surface area contributed by atoms with E-state index in [4.69, 9.17) is 0 Å². The lowest BCUT2D eigenvalue weighted by molar-refractivity contribution is 0.626. The van der Waals surface area contributed by atoms with E-state index in [2.05, 4.69) is 19.6 Å². The Hall–Kier alpha value is -0.500. The van der Waals surface area contributed by atoms with E-state index in [-0.39, 0.29) is 11.1 Å². The van der Waals surface area contributed by atoms with Crippen LogP contribution in [0.4, 0.5) is 4.39 Å². The molecule has 0 bridgehead atoms. The van der Waals surface area contributed by atoms with Crippen LogP contribution < -0.4 is 0 Å². The number of hydrogen-bond donors (Lipinski definition) is 1. The Labute approximate surface area is 84.6 Å². The third-order valence-electron chi connectivity index (χ3n) is 2.09. The van der Waals surface area contributed by atoms with Crippen molar-refractivity contribution in [2.24, 2.45) is 0 Å². The fourth-order valence-electron chi connectivity index (χ4n) is 1.25. The van der Waals surface area contributed by atoms with Crippen LogP contribution >= 0.6 is 12.6 Å². The largest absolute Gasteiger partial charge is 0.207 e. The van der Waals surface area contributed by atoms with Crippen molar-refractivity contribution in [2.75, 3.05) is 0 Å². The van der Waals surface area contributed by atoms with E-state index >= 15 is 0 Å². The van der Waals surface area contributed by atoms with Gasteiger partial charge in [0, 0.05) is 5.25 Å². The maximum absolute atomic E-state index is 12.6. The van der Waals surface area contributed by atoms with Gasteiger partial charge >= 0.3 is 0 Å². The second-order valence-corrected chi connectivity index (χ2v) is 3.83. The van der Waals surface area contributed by atoms with Gasteiger partial charge in [0.2, 0.25) is 0 Å². The van der Waals surface area contributed by atoms with Crippen molar-refractivity contribution in [3.8, 4) is 0 Å². The number of rotatable bonds is 4. The van der Waals surface area contributed by atoms with Crippen LogP contribution in [0.25, 0.3) is 0 Å². The molecule has 0 fully saturated rings. The first-order valence-electron chi connectivity index (χ1n) is 4.67. The van der Waals surface area contributed by atoms with Crippen molar-refractivity contribution in [1.82, 2.24) is 0 Å². The Morgan fingerprint density at radius 3 is 2.46 bits per heavy atom. The molecule has 1 aromatic rings. The van der Waals surface area contributed by atoms with Crippen molar-refractivity contribution in [3.05, 3.63) is 35.6 Å². The highest BCUT2D eigenvalue weighted by Gasteiger charge is 2.04. The zero-order chi connectivity index (χ0) is 9.68. The van der Waals surface area contributed by atoms with E-state index in [1.54, 1.807) is 0 Å². The minimum atomic E-state index is -0.181. The lowest BCUT2D eigenvalue weighted by Crippen LogP contribution is -1.90. The van der Waals surface area contributed by atoms with Crippen molar-refractivity contribution in [1.29, 1.82) is 0 Å². The van der Waals surface area contributed by atoms with E-state index in [0.29, 0.717) is 0 Å². The van der Waals surface area contributed by atoms with E-state index in [1.165, 1.54) is 25.0 Å². The number of halogens is 1. The first-order chi connectivity index (χ1) is 6.24. The van der Waals surface area contributed by atoms with Gasteiger partial charge in [0.1, 0.15) is 5.82 Å². The second-order valence-electron chi connectivity index (χ2n) is 3.21. The summed E-state index contributed by atoms with van der Waals surface area (Å²) in [5.41, 5.74) is 1.11. The number of benzene rings is 1. The summed E-state index contributed by atoms with van der Waals surface area (Å²) < 4.78 is 12.6. The van der Waals surface area contributed by atoms with Crippen LogP contribution in [0, 0.1) is 5.82 Å². The van der Waals surface area contributed by atoms with Crippen LogP contribution in [0.2, 0.25) is 0 Å². The minimum Gasteiger partial charge on any atom is -0.207 e. The molecule has 0 aliphatic rings. The van der Waals surface area contributed by atoms with Gasteiger partial charge < -0.3 is 0 Å². The Kier molecular flexibility index (Phi) is 4.29. The summed E-state index contributed by atoms with van der Waals surface area (Å²) in [6.45, 7) is 2.16. The molecule has 2 heteroatoms. The van der Waals surface area contributed by atoms with E-state index in [1.807, 2.05) is 12.1 Å². The molecule has 1 aromatic carbocycles. The summed E-state index contributed by atoms with van der Waals surface area (Å²) in [6, 6.07) is 6.60. The Balaban J connectivity index is 2.55. The Morgan fingerprint density at radius 2 is 1.92 bits per heavy atom. The average Bonchev–Trinajstić information content (AvgIpc) is 2.15. The molecule has 0 spiro atoms. The first-order valence-corrected chi connectivity index (χ1v) is 5.19. The fourth-order valence-corrected chi connectivity index (χ4v) is 1.60. The molecular weight excluding hydrogens is 183 g/mol. The second kappa shape index (κ2) is 5.28. The van der Waals surface area contributed by atoms with Crippen LogP contribution in [0.15, 0.2) is 24.3 Å². The van der Waals surface area contributed by atoms with Crippen molar-refractivity contribution in [2.45, 2.75) is 31.4 Å². The highest BCUT2D eigenvalue weighted by atomic mass is 32.1. The van der Waals surface area contributed by atoms with Crippen LogP contribution in [0.5, 0.6) is 0 Å². The molecular formula is C11H15FS. The molecule has 0 radical (unpaired) electrons. The third-order valence-corrected chi connectivity index (χ3v) is 2.64. The SMILES string of the molecule is CCCCC(S)c1ccc(F)cc1. The summed E-state index contributed by atoms with van der Waals surface area (Å²) in [4.78, 5) is 0. The molecule has 0 aliphatic carbocycles. The zero-order valence-corrected chi connectivity index (χ0v) is 8.73. The molecule has 1 rings (SSSR count). The summed E-state index contributed by atoms with van der Waals surface area (Å²) >= 11 is 4.47. The van der Waals surface area contributed by atoms with Gasteiger partial charge in [-0.2, -0.15) is 12.6 Å². The monoisotopic (exact) mass is 198 g/mol. The zero-order valence-electron chi connectivity index (χ0n) is 7.83. The van der Waals surface area contributed by atoms with Crippen LogP contribution in [0.3, 0.4) is 0 Å². The highest BCUT2D eigenvalue weighted by molar-refractivity contribution is 7.80. The molecule has 0 nitrogen and oxygen atoms in total. The standard InChI is InChI=1S/C11H15FS/c1-2-3-4-11(13)9-5-7-10(12)8-6-9/h5-8,11,13H,2-4H2,1H3. The number of hydrogen-bond acceptors (Lipinski definition) is 1. The van der Waals surface area contributed by atoms with Gasteiger partial charge in [-0.1, -0.05) is 31.9 Å². The van der Waals surface area contributed by atoms with E-state index in [9.17, 15) is 4.39 Å². The fraction of sp³-hybridized carbons (Fsp3) is 0.455. The Morgan fingerprint density at radius 1 is 1.31 bits per heavy atom. The van der Waals surface area contributed by atoms with Gasteiger partial charge in [-0.15, -0.1) is 0 Å². The molecule has 0 aliphatic heterocycles. The molecule has 0 N–H and O–H groups in total. The molecule has 1 unspecified atom stereocenters. The molecule has 0 heterocycles. The van der Waals surface area contributed by atoms with Crippen LogP contribution in [0.1, 0.15) is 37.0 Å². The smallest absolute Gasteiger partial charge is 0.123 e. The molecule has 0 saturated carbocycles. The molecule has 0 saturated heterocycles. The predicted octanol–water partition coefficient (Wildman–Crippen LogP) is 3.99. The van der Waals surface area contributed by atoms with Crippen LogP contribution in [-0.4, -0.2) is 0 Å². The summed E-state index contributed by atoms with van der Waals surface area (Å²) in [6.07, 6.45) is 3.41. The Bertz CT molecular complexity index is 243. The van der Waals surface area contributed by atoms with Gasteiger partial charge in [0.25, 0.3) is 0 Å². The maximum Gasteiger partial charge on any atom is 0.123 e. The molecule has 72 valence electrons. The van der Waals surface area contributed by atoms with E-state index < -0.39 is 0 Å². The first kappa shape index (κ1) is 10.6. The number of thiol groups is 1. The lowest BCUT2D eigenvalue weighted by atomic mass is 10.1. The van der Waals surface area contributed by atoms with Gasteiger partial charge in [0.15, 0.2) is 0 Å². The normalized spacial score (nSPS) is 12.8. The van der Waals surface area contributed by atoms with Crippen LogP contribution in [-0.2, 0) is 0 Å². The predicted molar refractivity (Wildman–Crippen MR) is 57.7 cm³/mol. The van der Waals surface area contributed by atoms with Gasteiger partial charge in [-0.3, -0.25) is 0 Å². The molecule has 0 amide bonds. The van der Waals surface area contributed by atoms with Crippen molar-refractivity contribution in [3.63, 3.8) is 0 Å². The van der Waals surface area contributed by atoms with E-state index in [0.717, 1.165) is 12.0 Å². The lowest BCUT2D eigenvalue weighted by Gasteiger charge is -2.09. The highest BCUT2D eigenvalue weighted by Crippen LogP contribution is 2.25. The van der Waals surface area contributed by atoms with Gasteiger partial charge in [-0.05, 0) is 24.1 Å².